The molecular weight excluding hydrogens is 180 g/mol. The van der Waals surface area contributed by atoms with Crippen molar-refractivity contribution in [1.29, 1.82) is 0 Å². The lowest BCUT2D eigenvalue weighted by Gasteiger charge is -1.94. The number of hydrogen-bond acceptors (Lipinski definition) is 2. The van der Waals surface area contributed by atoms with Gasteiger partial charge in [-0.2, -0.15) is 4.79 Å². The Kier molecular flexibility index (Phi) is 1.97. The second-order valence-corrected chi connectivity index (χ2v) is 2.75. The molecule has 0 saturated heterocycles. The van der Waals surface area contributed by atoms with E-state index in [1.165, 1.54) is 6.07 Å². The van der Waals surface area contributed by atoms with E-state index >= 15 is 0 Å². The average Bonchev–Trinajstić information content (AvgIpc) is 2.18. The van der Waals surface area contributed by atoms with E-state index in [1.54, 1.807) is 24.3 Å². The molecule has 2 rings (SSSR count). The predicted octanol–water partition coefficient (Wildman–Crippen LogP) is 1.44. The van der Waals surface area contributed by atoms with Crippen LogP contribution in [0, 0.1) is 0 Å². The van der Waals surface area contributed by atoms with E-state index in [1.807, 2.05) is 0 Å². The zero-order valence-electron chi connectivity index (χ0n) is 7.18. The minimum absolute atomic E-state index is 0.151. The number of para-hydroxylation sites is 1. The molecule has 68 valence electrons. The summed E-state index contributed by atoms with van der Waals surface area (Å²) < 4.78 is 5.27. The van der Waals surface area contributed by atoms with Crippen LogP contribution in [0.3, 0.4) is 0 Å². The van der Waals surface area contributed by atoms with Gasteiger partial charge in [-0.05, 0) is 12.1 Å². The fourth-order valence-electron chi connectivity index (χ4n) is 1.24. The summed E-state index contributed by atoms with van der Waals surface area (Å²) in [6, 6.07) is 8.18. The van der Waals surface area contributed by atoms with Crippen molar-refractivity contribution in [2.75, 3.05) is 0 Å². The van der Waals surface area contributed by atoms with Gasteiger partial charge in [0.05, 0.1) is 5.39 Å². The molecule has 0 aliphatic heterocycles. The minimum Gasteiger partial charge on any atom is -0.449 e. The molecule has 0 aliphatic carbocycles. The van der Waals surface area contributed by atoms with Crippen molar-refractivity contribution >= 4 is 17.2 Å². The predicted molar refractivity (Wildman–Crippen MR) is 51.3 cm³/mol. The highest BCUT2D eigenvalue weighted by Gasteiger charge is 2.03. The van der Waals surface area contributed by atoms with Crippen LogP contribution in [0.5, 0.6) is 0 Å². The van der Waals surface area contributed by atoms with Crippen LogP contribution >= 0.6 is 0 Å². The van der Waals surface area contributed by atoms with Gasteiger partial charge in [0.15, 0.2) is 5.43 Å². The fourth-order valence-corrected chi connectivity index (χ4v) is 1.24. The van der Waals surface area contributed by atoms with Gasteiger partial charge >= 0.3 is 6.21 Å². The molecule has 0 aliphatic rings. The third-order valence-electron chi connectivity index (χ3n) is 1.84. The molecule has 1 aromatic carbocycles. The highest BCUT2D eigenvalue weighted by atomic mass is 16.3. The summed E-state index contributed by atoms with van der Waals surface area (Å²) in [4.78, 5) is 14.3. The second kappa shape index (κ2) is 3.28. The summed E-state index contributed by atoms with van der Waals surface area (Å²) in [5.41, 5.74) is 8.62. The number of fused-ring (bicyclic) bond motifs is 1. The Morgan fingerprint density at radius 1 is 1.36 bits per heavy atom. The third kappa shape index (κ3) is 1.34. The highest BCUT2D eigenvalue weighted by molar-refractivity contribution is 5.80. The summed E-state index contributed by atoms with van der Waals surface area (Å²) >= 11 is 0. The van der Waals surface area contributed by atoms with Crippen molar-refractivity contribution in [2.45, 2.75) is 0 Å². The van der Waals surface area contributed by atoms with Gasteiger partial charge in [0.2, 0.25) is 5.76 Å². The molecule has 1 aromatic heterocycles. The SMILES string of the molecule is [N-]=[N+]=Cc1cc(=O)c2ccccc2o1. The number of hydrogen-bond donors (Lipinski definition) is 0. The molecule has 0 amide bonds. The summed E-state index contributed by atoms with van der Waals surface area (Å²) in [5, 5.41) is 0.516. The highest BCUT2D eigenvalue weighted by Crippen LogP contribution is 2.09. The Bertz CT molecular complexity index is 580. The van der Waals surface area contributed by atoms with Crippen LogP contribution < -0.4 is 5.43 Å². The molecular formula is C10H6N2O2. The van der Waals surface area contributed by atoms with Crippen LogP contribution in [0.15, 0.2) is 39.5 Å². The van der Waals surface area contributed by atoms with Crippen molar-refractivity contribution < 1.29 is 9.21 Å². The Labute approximate surface area is 79.0 Å². The Morgan fingerprint density at radius 3 is 2.93 bits per heavy atom. The van der Waals surface area contributed by atoms with E-state index < -0.39 is 0 Å². The van der Waals surface area contributed by atoms with Gasteiger partial charge in [-0.1, -0.05) is 12.1 Å². The van der Waals surface area contributed by atoms with E-state index in [9.17, 15) is 4.79 Å². The molecule has 2 aromatic rings. The van der Waals surface area contributed by atoms with E-state index in [4.69, 9.17) is 9.95 Å². The Morgan fingerprint density at radius 2 is 2.14 bits per heavy atom. The van der Waals surface area contributed by atoms with Gasteiger partial charge in [-0.25, -0.2) is 0 Å². The van der Waals surface area contributed by atoms with E-state index in [0.29, 0.717) is 11.0 Å². The molecule has 0 unspecified atom stereocenters. The molecule has 4 heteroatoms. The molecule has 0 atom stereocenters. The molecule has 14 heavy (non-hydrogen) atoms. The van der Waals surface area contributed by atoms with Crippen molar-refractivity contribution in [3.05, 3.63) is 51.8 Å². The van der Waals surface area contributed by atoms with Gasteiger partial charge in [0, 0.05) is 6.07 Å². The Hall–Kier alpha value is -2.19. The molecule has 0 N–H and O–H groups in total. The summed E-state index contributed by atoms with van der Waals surface area (Å²) in [5.74, 6) is 0.233. The van der Waals surface area contributed by atoms with Crippen LogP contribution in [0.4, 0.5) is 0 Å². The molecule has 1 heterocycles. The van der Waals surface area contributed by atoms with E-state index in [2.05, 4.69) is 4.79 Å². The minimum atomic E-state index is -0.151. The third-order valence-corrected chi connectivity index (χ3v) is 1.84. The lowest BCUT2D eigenvalue weighted by Crippen LogP contribution is -2.01. The van der Waals surface area contributed by atoms with Crippen LogP contribution in [-0.2, 0) is 0 Å². The first-order valence-corrected chi connectivity index (χ1v) is 4.01. The van der Waals surface area contributed by atoms with Crippen molar-refractivity contribution in [1.82, 2.24) is 0 Å². The summed E-state index contributed by atoms with van der Waals surface area (Å²) in [7, 11) is 0. The monoisotopic (exact) mass is 186 g/mol. The van der Waals surface area contributed by atoms with Crippen LogP contribution in [-0.4, -0.2) is 11.0 Å². The van der Waals surface area contributed by atoms with Crippen LogP contribution in [0.1, 0.15) is 5.76 Å². The first kappa shape index (κ1) is 8.41. The first-order chi connectivity index (χ1) is 6.81. The van der Waals surface area contributed by atoms with Gasteiger partial charge in [-0.15, -0.1) is 0 Å². The zero-order valence-corrected chi connectivity index (χ0v) is 7.18. The van der Waals surface area contributed by atoms with Crippen molar-refractivity contribution in [3.63, 3.8) is 0 Å². The standard InChI is InChI=1S/C10H6N2O2/c11-12-6-7-5-9(13)8-3-1-2-4-10(8)14-7/h1-6H. The smallest absolute Gasteiger partial charge is 0.322 e. The largest absolute Gasteiger partial charge is 0.449 e. The lowest BCUT2D eigenvalue weighted by molar-refractivity contribution is 0.00309. The average molecular weight is 186 g/mol. The lowest BCUT2D eigenvalue weighted by atomic mass is 10.2. The van der Waals surface area contributed by atoms with Crippen LogP contribution in [0.2, 0.25) is 0 Å². The van der Waals surface area contributed by atoms with E-state index in [-0.39, 0.29) is 11.2 Å². The van der Waals surface area contributed by atoms with E-state index in [0.717, 1.165) is 6.21 Å². The van der Waals surface area contributed by atoms with Gasteiger partial charge in [0.25, 0.3) is 0 Å². The van der Waals surface area contributed by atoms with Gasteiger partial charge < -0.3 is 9.95 Å². The van der Waals surface area contributed by atoms with Crippen molar-refractivity contribution in [2.24, 2.45) is 0 Å². The Balaban J connectivity index is 2.85. The van der Waals surface area contributed by atoms with Crippen molar-refractivity contribution in [3.8, 4) is 0 Å². The van der Waals surface area contributed by atoms with Crippen LogP contribution in [0.25, 0.3) is 16.5 Å². The maximum absolute atomic E-state index is 11.5. The summed E-state index contributed by atoms with van der Waals surface area (Å²) in [6.45, 7) is 0. The zero-order chi connectivity index (χ0) is 9.97. The normalized spacial score (nSPS) is 9.71. The quantitative estimate of drug-likeness (QED) is 0.384. The first-order valence-electron chi connectivity index (χ1n) is 4.01. The molecule has 4 nitrogen and oxygen atoms in total. The number of nitrogens with zero attached hydrogens (tertiary/aromatic N) is 2. The molecule has 0 saturated carbocycles. The topological polar surface area (TPSA) is 66.6 Å². The number of rotatable bonds is 1. The fraction of sp³-hybridized carbons (Fsp3) is 0. The molecule has 0 bridgehead atoms. The second-order valence-electron chi connectivity index (χ2n) is 2.75. The molecule has 0 radical (unpaired) electrons. The van der Waals surface area contributed by atoms with Gasteiger partial charge in [0.1, 0.15) is 5.58 Å². The maximum Gasteiger partial charge on any atom is 0.322 e. The maximum atomic E-state index is 11.5. The summed E-state index contributed by atoms with van der Waals surface area (Å²) in [6.07, 6.45) is 1.08. The molecule has 0 fully saturated rings. The number of benzene rings is 1. The van der Waals surface area contributed by atoms with Gasteiger partial charge in [-0.3, -0.25) is 4.79 Å². The molecule has 0 spiro atoms.